The predicted molar refractivity (Wildman–Crippen MR) is 75.2 cm³/mol. The van der Waals surface area contributed by atoms with Crippen LogP contribution in [0.25, 0.3) is 0 Å². The smallest absolute Gasteiger partial charge is 0.274 e. The van der Waals surface area contributed by atoms with Crippen molar-refractivity contribution in [1.82, 2.24) is 4.98 Å². The number of benzene rings is 1. The molecule has 0 spiro atoms. The third-order valence-electron chi connectivity index (χ3n) is 3.02. The van der Waals surface area contributed by atoms with E-state index < -0.39 is 0 Å². The summed E-state index contributed by atoms with van der Waals surface area (Å²) in [6, 6.07) is 9.82. The van der Waals surface area contributed by atoms with Crippen LogP contribution in [0.1, 0.15) is 23.3 Å². The Balaban J connectivity index is 1.72. The molecule has 0 unspecified atom stereocenters. The molecule has 0 aliphatic heterocycles. The topological polar surface area (TPSA) is 54.0 Å². The summed E-state index contributed by atoms with van der Waals surface area (Å²) in [4.78, 5) is 16.1. The van der Waals surface area contributed by atoms with Crippen molar-refractivity contribution >= 4 is 17.3 Å². The summed E-state index contributed by atoms with van der Waals surface area (Å²) in [5, 5.41) is 5.93. The zero-order valence-electron chi connectivity index (χ0n) is 10.8. The molecule has 0 bridgehead atoms. The van der Waals surface area contributed by atoms with Gasteiger partial charge in [0, 0.05) is 23.6 Å². The number of nitrogens with zero attached hydrogens (tertiary/aromatic N) is 1. The number of anilines is 2. The van der Waals surface area contributed by atoms with Gasteiger partial charge in [0.2, 0.25) is 0 Å². The molecule has 1 aromatic heterocycles. The van der Waals surface area contributed by atoms with Gasteiger partial charge in [-0.05, 0) is 43.2 Å². The molecule has 0 atom stereocenters. The molecule has 4 nitrogen and oxygen atoms in total. The number of nitrogens with one attached hydrogen (secondary N) is 2. The van der Waals surface area contributed by atoms with E-state index in [0.717, 1.165) is 18.5 Å². The molecule has 0 radical (unpaired) electrons. The molecule has 0 saturated heterocycles. The molecule has 20 heavy (non-hydrogen) atoms. The van der Waals surface area contributed by atoms with Gasteiger partial charge in [0.25, 0.3) is 5.91 Å². The number of rotatable bonds is 4. The van der Waals surface area contributed by atoms with E-state index in [1.807, 2.05) is 6.07 Å². The Labute approximate surface area is 116 Å². The number of hydrogen-bond acceptors (Lipinski definition) is 3. The van der Waals surface area contributed by atoms with Gasteiger partial charge in [-0.3, -0.25) is 9.78 Å². The Kier molecular flexibility index (Phi) is 3.33. The first-order valence-corrected chi connectivity index (χ1v) is 6.50. The van der Waals surface area contributed by atoms with E-state index in [1.165, 1.54) is 12.1 Å². The first-order chi connectivity index (χ1) is 9.70. The average molecular weight is 271 g/mol. The first kappa shape index (κ1) is 12.6. The molecule has 1 heterocycles. The molecule has 1 aromatic carbocycles. The molecule has 1 saturated carbocycles. The molecule has 3 rings (SSSR count). The van der Waals surface area contributed by atoms with Crippen LogP contribution in [-0.4, -0.2) is 16.9 Å². The third-order valence-corrected chi connectivity index (χ3v) is 3.02. The van der Waals surface area contributed by atoms with Crippen LogP contribution in [0.3, 0.4) is 0 Å². The van der Waals surface area contributed by atoms with E-state index in [4.69, 9.17) is 0 Å². The second-order valence-corrected chi connectivity index (χ2v) is 4.81. The van der Waals surface area contributed by atoms with Crippen LogP contribution in [0.5, 0.6) is 0 Å². The molecule has 2 N–H and O–H groups in total. The van der Waals surface area contributed by atoms with Crippen molar-refractivity contribution in [3.8, 4) is 0 Å². The van der Waals surface area contributed by atoms with E-state index in [0.29, 0.717) is 17.4 Å². The van der Waals surface area contributed by atoms with Crippen LogP contribution in [-0.2, 0) is 0 Å². The molecular weight excluding hydrogens is 257 g/mol. The Morgan fingerprint density at radius 2 is 2.05 bits per heavy atom. The highest BCUT2D eigenvalue weighted by molar-refractivity contribution is 6.03. The first-order valence-electron chi connectivity index (χ1n) is 6.50. The van der Waals surface area contributed by atoms with Crippen molar-refractivity contribution in [2.45, 2.75) is 18.9 Å². The fourth-order valence-electron chi connectivity index (χ4n) is 1.87. The largest absolute Gasteiger partial charge is 0.382 e. The lowest BCUT2D eigenvalue weighted by Crippen LogP contribution is -2.14. The fraction of sp³-hybridized carbons (Fsp3) is 0.200. The summed E-state index contributed by atoms with van der Waals surface area (Å²) < 4.78 is 13.1. The van der Waals surface area contributed by atoms with Crippen LogP contribution >= 0.6 is 0 Å². The third kappa shape index (κ3) is 3.12. The fourth-order valence-corrected chi connectivity index (χ4v) is 1.87. The molecule has 102 valence electrons. The number of carbonyl (C=O) groups is 1. The Bertz CT molecular complexity index is 641. The molecule has 1 aliphatic rings. The highest BCUT2D eigenvalue weighted by Gasteiger charge is 2.21. The summed E-state index contributed by atoms with van der Waals surface area (Å²) in [6.07, 6.45) is 3.91. The van der Waals surface area contributed by atoms with Gasteiger partial charge in [0.1, 0.15) is 11.5 Å². The van der Waals surface area contributed by atoms with Crippen molar-refractivity contribution in [2.24, 2.45) is 0 Å². The number of hydrogen-bond donors (Lipinski definition) is 2. The van der Waals surface area contributed by atoms with Gasteiger partial charge in [-0.15, -0.1) is 0 Å². The Morgan fingerprint density at radius 1 is 1.20 bits per heavy atom. The van der Waals surface area contributed by atoms with Crippen LogP contribution in [0.15, 0.2) is 42.6 Å². The monoisotopic (exact) mass is 271 g/mol. The van der Waals surface area contributed by atoms with Gasteiger partial charge >= 0.3 is 0 Å². The van der Waals surface area contributed by atoms with Crippen molar-refractivity contribution in [2.75, 3.05) is 10.6 Å². The van der Waals surface area contributed by atoms with Gasteiger partial charge in [-0.2, -0.15) is 0 Å². The second-order valence-electron chi connectivity index (χ2n) is 4.81. The summed E-state index contributed by atoms with van der Waals surface area (Å²) in [5.41, 5.74) is 1.60. The van der Waals surface area contributed by atoms with Crippen LogP contribution in [0.2, 0.25) is 0 Å². The maximum Gasteiger partial charge on any atom is 0.274 e. The van der Waals surface area contributed by atoms with Gasteiger partial charge in [0.05, 0.1) is 0 Å². The molecular formula is C15H14FN3O. The minimum atomic E-state index is -0.389. The second kappa shape index (κ2) is 5.28. The van der Waals surface area contributed by atoms with Crippen molar-refractivity contribution in [3.05, 3.63) is 54.1 Å². The van der Waals surface area contributed by atoms with E-state index in [1.54, 1.807) is 24.4 Å². The zero-order valence-corrected chi connectivity index (χ0v) is 10.8. The maximum absolute atomic E-state index is 13.1. The number of pyridine rings is 1. The minimum absolute atomic E-state index is 0.305. The molecule has 1 fully saturated rings. The normalized spacial score (nSPS) is 13.8. The van der Waals surface area contributed by atoms with Gasteiger partial charge < -0.3 is 10.6 Å². The summed E-state index contributed by atoms with van der Waals surface area (Å²) >= 11 is 0. The van der Waals surface area contributed by atoms with Crippen LogP contribution < -0.4 is 10.6 Å². The molecule has 1 amide bonds. The number of amides is 1. The van der Waals surface area contributed by atoms with E-state index >= 15 is 0 Å². The Hall–Kier alpha value is -2.43. The van der Waals surface area contributed by atoms with Gasteiger partial charge in [0.15, 0.2) is 0 Å². The van der Waals surface area contributed by atoms with Crippen LogP contribution in [0, 0.1) is 5.82 Å². The summed E-state index contributed by atoms with van der Waals surface area (Å²) in [6.45, 7) is 0. The SMILES string of the molecule is O=C(Nc1cccc(F)c1)c1cc(NC2CC2)ccn1. The maximum atomic E-state index is 13.1. The van der Waals surface area contributed by atoms with Gasteiger partial charge in [-0.1, -0.05) is 6.07 Å². The van der Waals surface area contributed by atoms with Crippen LogP contribution in [0.4, 0.5) is 15.8 Å². The number of halogens is 1. The lowest BCUT2D eigenvalue weighted by molar-refractivity contribution is 0.102. The predicted octanol–water partition coefficient (Wildman–Crippen LogP) is 3.05. The average Bonchev–Trinajstić information content (AvgIpc) is 3.23. The lowest BCUT2D eigenvalue weighted by Gasteiger charge is -2.07. The summed E-state index contributed by atoms with van der Waals surface area (Å²) in [5.74, 6) is -0.741. The molecule has 5 heteroatoms. The van der Waals surface area contributed by atoms with Crippen molar-refractivity contribution < 1.29 is 9.18 Å². The molecule has 2 aromatic rings. The highest BCUT2D eigenvalue weighted by atomic mass is 19.1. The number of aromatic nitrogens is 1. The number of carbonyl (C=O) groups excluding carboxylic acids is 1. The van der Waals surface area contributed by atoms with E-state index in [-0.39, 0.29) is 11.7 Å². The minimum Gasteiger partial charge on any atom is -0.382 e. The Morgan fingerprint density at radius 3 is 2.80 bits per heavy atom. The van der Waals surface area contributed by atoms with Crippen molar-refractivity contribution in [1.29, 1.82) is 0 Å². The summed E-state index contributed by atoms with van der Waals surface area (Å²) in [7, 11) is 0. The van der Waals surface area contributed by atoms with E-state index in [9.17, 15) is 9.18 Å². The lowest BCUT2D eigenvalue weighted by atomic mass is 10.2. The van der Waals surface area contributed by atoms with Gasteiger partial charge in [-0.25, -0.2) is 4.39 Å². The zero-order chi connectivity index (χ0) is 13.9. The highest BCUT2D eigenvalue weighted by Crippen LogP contribution is 2.24. The molecule has 1 aliphatic carbocycles. The standard InChI is InChI=1S/C15H14FN3O/c16-10-2-1-3-12(8-10)19-15(20)14-9-13(6-7-17-14)18-11-4-5-11/h1-3,6-9,11H,4-5H2,(H,17,18)(H,19,20). The van der Waals surface area contributed by atoms with E-state index in [2.05, 4.69) is 15.6 Å². The quantitative estimate of drug-likeness (QED) is 0.898. The van der Waals surface area contributed by atoms with Crippen molar-refractivity contribution in [3.63, 3.8) is 0 Å².